The first-order chi connectivity index (χ1) is 15.8. The fourth-order valence-corrected chi connectivity index (χ4v) is 5.54. The van der Waals surface area contributed by atoms with Crippen molar-refractivity contribution in [1.29, 1.82) is 0 Å². The minimum Gasteiger partial charge on any atom is -0.355 e. The number of rotatable bonds is 2. The lowest BCUT2D eigenvalue weighted by Gasteiger charge is -2.03. The lowest BCUT2D eigenvalue weighted by atomic mass is 10.00. The molecule has 2 aromatic heterocycles. The summed E-state index contributed by atoms with van der Waals surface area (Å²) in [6.07, 6.45) is 9.46. The summed E-state index contributed by atoms with van der Waals surface area (Å²) in [5.41, 5.74) is 12.9. The van der Waals surface area contributed by atoms with E-state index in [4.69, 9.17) is 17.2 Å². The monoisotopic (exact) mass is 456 g/mol. The zero-order valence-electron chi connectivity index (χ0n) is 20.4. The van der Waals surface area contributed by atoms with E-state index in [9.17, 15) is 0 Å². The summed E-state index contributed by atoms with van der Waals surface area (Å²) < 4.78 is 0. The van der Waals surface area contributed by atoms with Gasteiger partial charge in [0.15, 0.2) is 0 Å². The van der Waals surface area contributed by atoms with Crippen LogP contribution in [0.2, 0.25) is 0 Å². The predicted octanol–water partition coefficient (Wildman–Crippen LogP) is 4.99. The predicted molar refractivity (Wildman–Crippen MR) is 143 cm³/mol. The third-order valence-corrected chi connectivity index (χ3v) is 7.77. The van der Waals surface area contributed by atoms with Gasteiger partial charge in [0.1, 0.15) is 0 Å². The van der Waals surface area contributed by atoms with E-state index in [1.165, 1.54) is 33.5 Å². The van der Waals surface area contributed by atoms with Crippen LogP contribution < -0.4 is 16.0 Å². The van der Waals surface area contributed by atoms with Crippen LogP contribution in [-0.4, -0.2) is 20.5 Å². The second-order valence-electron chi connectivity index (χ2n) is 9.45. The molecule has 170 valence electrons. The molecule has 0 aliphatic carbocycles. The Hall–Kier alpha value is -2.92. The Morgan fingerprint density at radius 3 is 2.55 bits per heavy atom. The van der Waals surface area contributed by atoms with Crippen LogP contribution in [0.1, 0.15) is 68.6 Å². The highest BCUT2D eigenvalue weighted by Crippen LogP contribution is 2.32. The highest BCUT2D eigenvalue weighted by atomic mass is 32.1. The molecule has 5 heteroatoms. The molecule has 0 saturated carbocycles. The van der Waals surface area contributed by atoms with Gasteiger partial charge in [0.2, 0.25) is 0 Å². The third kappa shape index (κ3) is 3.59. The SMILES string of the molecule is CCC1=C2C=c3[nH]c(cc3C)=C(C)C3=NC(=Cc4[nH]c(c(CC)c4C)C=C(N2)C1=S)C(C)C3. The molecule has 5 rings (SSSR count). The van der Waals surface area contributed by atoms with Crippen molar-refractivity contribution in [3.8, 4) is 0 Å². The molecule has 3 aliphatic heterocycles. The van der Waals surface area contributed by atoms with E-state index in [2.05, 4.69) is 81.1 Å². The molecule has 1 atom stereocenters. The highest BCUT2D eigenvalue weighted by Gasteiger charge is 2.25. The summed E-state index contributed by atoms with van der Waals surface area (Å²) in [7, 11) is 0. The fourth-order valence-electron chi connectivity index (χ4n) is 5.18. The number of allylic oxidation sites excluding steroid dienone is 3. The van der Waals surface area contributed by atoms with Crippen molar-refractivity contribution >= 4 is 46.6 Å². The molecule has 4 nitrogen and oxygen atoms in total. The highest BCUT2D eigenvalue weighted by molar-refractivity contribution is 7.81. The molecule has 3 N–H and O–H groups in total. The molecule has 2 aromatic rings. The van der Waals surface area contributed by atoms with Crippen LogP contribution in [0, 0.1) is 19.8 Å². The number of fused-ring (bicyclic) bond motifs is 7. The summed E-state index contributed by atoms with van der Waals surface area (Å²) in [5.74, 6) is 0.393. The number of aromatic nitrogens is 2. The zero-order chi connectivity index (χ0) is 23.4. The molecule has 5 heterocycles. The van der Waals surface area contributed by atoms with E-state index in [-0.39, 0.29) is 0 Å². The summed E-state index contributed by atoms with van der Waals surface area (Å²) in [6, 6.07) is 2.23. The van der Waals surface area contributed by atoms with Crippen LogP contribution in [0.25, 0.3) is 23.8 Å². The Kier molecular flexibility index (Phi) is 5.40. The van der Waals surface area contributed by atoms with Crippen LogP contribution in [0.4, 0.5) is 0 Å². The molecule has 0 radical (unpaired) electrons. The third-order valence-electron chi connectivity index (χ3n) is 7.30. The minimum atomic E-state index is 0.393. The van der Waals surface area contributed by atoms with Gasteiger partial charge in [-0.15, -0.1) is 0 Å². The van der Waals surface area contributed by atoms with E-state index in [1.807, 2.05) is 0 Å². The normalized spacial score (nSPS) is 19.9. The van der Waals surface area contributed by atoms with Gasteiger partial charge in [-0.05, 0) is 92.2 Å². The molecule has 8 bridgehead atoms. The number of H-pyrrole nitrogens is 2. The molecule has 0 amide bonds. The van der Waals surface area contributed by atoms with Crippen molar-refractivity contribution in [3.05, 3.63) is 67.5 Å². The Morgan fingerprint density at radius 1 is 1.03 bits per heavy atom. The maximum absolute atomic E-state index is 5.91. The molecule has 0 saturated heterocycles. The van der Waals surface area contributed by atoms with Crippen LogP contribution in [0.15, 0.2) is 33.7 Å². The van der Waals surface area contributed by atoms with Crippen molar-refractivity contribution in [2.45, 2.75) is 60.8 Å². The average Bonchev–Trinajstić information content (AvgIpc) is 3.49. The maximum Gasteiger partial charge on any atom is 0.0665 e. The Labute approximate surface area is 201 Å². The van der Waals surface area contributed by atoms with E-state index in [0.717, 1.165) is 63.3 Å². The quantitative estimate of drug-likeness (QED) is 0.558. The number of aliphatic imine (C=N–C) groups is 1. The second-order valence-corrected chi connectivity index (χ2v) is 9.86. The summed E-state index contributed by atoms with van der Waals surface area (Å²) >= 11 is 5.91. The molecular weight excluding hydrogens is 424 g/mol. The van der Waals surface area contributed by atoms with Crippen molar-refractivity contribution in [1.82, 2.24) is 15.3 Å². The van der Waals surface area contributed by atoms with E-state index >= 15 is 0 Å². The summed E-state index contributed by atoms with van der Waals surface area (Å²) in [4.78, 5) is 13.3. The Bertz CT molecular complexity index is 1440. The molecule has 0 aromatic carbocycles. The summed E-state index contributed by atoms with van der Waals surface area (Å²) in [6.45, 7) is 13.2. The van der Waals surface area contributed by atoms with E-state index in [0.29, 0.717) is 5.92 Å². The summed E-state index contributed by atoms with van der Waals surface area (Å²) in [5, 5.41) is 5.88. The van der Waals surface area contributed by atoms with Gasteiger partial charge in [-0.1, -0.05) is 33.0 Å². The van der Waals surface area contributed by atoms with Gasteiger partial charge in [0, 0.05) is 45.1 Å². The minimum absolute atomic E-state index is 0.393. The first-order valence-electron chi connectivity index (χ1n) is 12.0. The van der Waals surface area contributed by atoms with Crippen LogP contribution >= 0.6 is 12.2 Å². The van der Waals surface area contributed by atoms with Crippen molar-refractivity contribution in [3.63, 3.8) is 0 Å². The fraction of sp³-hybridized carbons (Fsp3) is 0.357. The standard InChI is InChI=1S/C28H32N4S/c1-7-18-16(5)24-11-20-14(3)9-22(29-20)17(6)23-10-15(4)21(30-23)12-26-19(8-2)28(33)27(32-26)13-25(18)31-24/h10-14,30-32H,7-9H2,1-6H3. The average molecular weight is 457 g/mol. The van der Waals surface area contributed by atoms with Crippen molar-refractivity contribution in [2.75, 3.05) is 0 Å². The molecule has 1 unspecified atom stereocenters. The smallest absolute Gasteiger partial charge is 0.0665 e. The molecule has 3 aliphatic rings. The molecule has 0 spiro atoms. The van der Waals surface area contributed by atoms with Gasteiger partial charge in [-0.2, -0.15) is 0 Å². The van der Waals surface area contributed by atoms with Crippen molar-refractivity contribution < 1.29 is 0 Å². The first-order valence-corrected chi connectivity index (χ1v) is 12.4. The zero-order valence-corrected chi connectivity index (χ0v) is 21.2. The van der Waals surface area contributed by atoms with Crippen molar-refractivity contribution in [2.24, 2.45) is 10.9 Å². The Morgan fingerprint density at radius 2 is 1.82 bits per heavy atom. The topological polar surface area (TPSA) is 56.0 Å². The molecule has 0 fully saturated rings. The molecular formula is C28H32N4S. The van der Waals surface area contributed by atoms with Crippen LogP contribution in [0.3, 0.4) is 0 Å². The van der Waals surface area contributed by atoms with Crippen LogP contribution in [0.5, 0.6) is 0 Å². The number of thiocarbonyl (C=S) groups is 1. The first kappa shape index (κ1) is 21.9. The van der Waals surface area contributed by atoms with Gasteiger partial charge in [0.05, 0.1) is 10.6 Å². The number of hydrogen-bond donors (Lipinski definition) is 3. The van der Waals surface area contributed by atoms with Gasteiger partial charge >= 0.3 is 0 Å². The number of hydrogen-bond acceptors (Lipinski definition) is 3. The van der Waals surface area contributed by atoms with Gasteiger partial charge in [-0.3, -0.25) is 4.99 Å². The lowest BCUT2D eigenvalue weighted by Crippen LogP contribution is -2.17. The Balaban J connectivity index is 1.82. The van der Waals surface area contributed by atoms with Crippen LogP contribution in [-0.2, 0) is 6.42 Å². The van der Waals surface area contributed by atoms with E-state index < -0.39 is 0 Å². The number of nitrogens with one attached hydrogen (secondary N) is 3. The maximum atomic E-state index is 5.91. The number of aromatic amines is 2. The second kappa shape index (κ2) is 8.14. The largest absolute Gasteiger partial charge is 0.355 e. The number of nitrogens with zero attached hydrogens (tertiary/aromatic N) is 1. The van der Waals surface area contributed by atoms with E-state index in [1.54, 1.807) is 0 Å². The van der Waals surface area contributed by atoms with Gasteiger partial charge in [0.25, 0.3) is 0 Å². The lowest BCUT2D eigenvalue weighted by molar-refractivity contribution is 0.750. The molecule has 33 heavy (non-hydrogen) atoms. The number of aryl methyl sites for hydroxylation is 1. The van der Waals surface area contributed by atoms with Gasteiger partial charge < -0.3 is 15.3 Å². The van der Waals surface area contributed by atoms with Gasteiger partial charge in [-0.25, -0.2) is 0 Å².